The van der Waals surface area contributed by atoms with Crippen LogP contribution in [0, 0.1) is 10.8 Å². The Morgan fingerprint density at radius 2 is 1.90 bits per heavy atom. The fraction of sp³-hybridized carbons (Fsp3) is 0.882. The van der Waals surface area contributed by atoms with Crippen molar-refractivity contribution in [2.24, 2.45) is 10.8 Å². The Hall–Kier alpha value is -1.06. The Bertz CT molecular complexity index is 406. The first-order valence-corrected chi connectivity index (χ1v) is 8.28. The van der Waals surface area contributed by atoms with E-state index in [0.717, 1.165) is 32.2 Å². The lowest BCUT2D eigenvalue weighted by Gasteiger charge is -2.33. The van der Waals surface area contributed by atoms with Crippen molar-refractivity contribution in [3.8, 4) is 0 Å². The number of amides is 2. The Kier molecular flexibility index (Phi) is 4.64. The molecular weight excluding hydrogens is 264 g/mol. The summed E-state index contributed by atoms with van der Waals surface area (Å²) in [5.41, 5.74) is -0.122. The van der Waals surface area contributed by atoms with E-state index < -0.39 is 0 Å². The van der Waals surface area contributed by atoms with Gasteiger partial charge in [0.05, 0.1) is 6.04 Å². The second-order valence-corrected chi connectivity index (χ2v) is 8.33. The van der Waals surface area contributed by atoms with Crippen LogP contribution in [0.5, 0.6) is 0 Å². The van der Waals surface area contributed by atoms with Crippen LogP contribution in [0.1, 0.15) is 66.2 Å². The molecular formula is C17H30N2O2. The van der Waals surface area contributed by atoms with E-state index in [0.29, 0.717) is 13.0 Å². The highest BCUT2D eigenvalue weighted by molar-refractivity contribution is 5.85. The average Bonchev–Trinajstić information content (AvgIpc) is 2.68. The molecule has 120 valence electrons. The second kappa shape index (κ2) is 5.98. The van der Waals surface area contributed by atoms with E-state index in [1.165, 1.54) is 6.42 Å². The summed E-state index contributed by atoms with van der Waals surface area (Å²) in [5.74, 6) is 0.321. The molecule has 1 N–H and O–H groups in total. The van der Waals surface area contributed by atoms with Gasteiger partial charge in [-0.1, -0.05) is 47.0 Å². The lowest BCUT2D eigenvalue weighted by atomic mass is 9.75. The number of carbonyl (C=O) groups excluding carboxylic acids is 2. The molecule has 0 bridgehead atoms. The Balaban J connectivity index is 1.89. The molecule has 2 aliphatic rings. The molecule has 0 aromatic rings. The molecule has 2 amide bonds. The van der Waals surface area contributed by atoms with Gasteiger partial charge in [-0.05, 0) is 18.3 Å². The molecule has 1 saturated carbocycles. The molecule has 1 aliphatic heterocycles. The van der Waals surface area contributed by atoms with Crippen molar-refractivity contribution in [1.29, 1.82) is 0 Å². The number of hydrogen-bond acceptors (Lipinski definition) is 2. The predicted molar refractivity (Wildman–Crippen MR) is 83.8 cm³/mol. The first-order chi connectivity index (χ1) is 9.70. The van der Waals surface area contributed by atoms with Crippen molar-refractivity contribution in [2.45, 2.75) is 72.3 Å². The molecule has 2 rings (SSSR count). The molecule has 1 saturated heterocycles. The molecule has 0 spiro atoms. The molecule has 0 unspecified atom stereocenters. The van der Waals surface area contributed by atoms with E-state index in [1.54, 1.807) is 0 Å². The maximum absolute atomic E-state index is 12.5. The highest BCUT2D eigenvalue weighted by Gasteiger charge is 2.38. The van der Waals surface area contributed by atoms with Gasteiger partial charge in [0.25, 0.3) is 0 Å². The van der Waals surface area contributed by atoms with Gasteiger partial charge in [0.1, 0.15) is 0 Å². The monoisotopic (exact) mass is 294 g/mol. The van der Waals surface area contributed by atoms with Crippen LogP contribution < -0.4 is 5.32 Å². The van der Waals surface area contributed by atoms with Gasteiger partial charge in [-0.25, -0.2) is 0 Å². The van der Waals surface area contributed by atoms with Gasteiger partial charge in [-0.2, -0.15) is 0 Å². The van der Waals surface area contributed by atoms with E-state index >= 15 is 0 Å². The number of hydrogen-bond donors (Lipinski definition) is 1. The molecule has 1 aliphatic carbocycles. The van der Waals surface area contributed by atoms with Crippen LogP contribution in [-0.4, -0.2) is 35.8 Å². The van der Waals surface area contributed by atoms with Gasteiger partial charge in [-0.3, -0.25) is 9.59 Å². The number of carbonyl (C=O) groups is 2. The molecule has 2 fully saturated rings. The van der Waals surface area contributed by atoms with Crippen LogP contribution in [0.3, 0.4) is 0 Å². The number of rotatable bonds is 3. The zero-order chi connectivity index (χ0) is 15.7. The van der Waals surface area contributed by atoms with Crippen molar-refractivity contribution < 1.29 is 9.59 Å². The molecule has 4 nitrogen and oxygen atoms in total. The van der Waals surface area contributed by atoms with Crippen LogP contribution in [0.2, 0.25) is 0 Å². The predicted octanol–water partition coefficient (Wildman–Crippen LogP) is 2.72. The highest BCUT2D eigenvalue weighted by atomic mass is 16.2. The third-order valence-electron chi connectivity index (χ3n) is 4.72. The molecule has 1 atom stereocenters. The molecule has 0 aromatic heterocycles. The van der Waals surface area contributed by atoms with E-state index in [2.05, 4.69) is 33.0 Å². The largest absolute Gasteiger partial charge is 0.351 e. The van der Waals surface area contributed by atoms with E-state index in [-0.39, 0.29) is 28.7 Å². The van der Waals surface area contributed by atoms with Gasteiger partial charge in [0, 0.05) is 24.9 Å². The first-order valence-electron chi connectivity index (χ1n) is 8.28. The van der Waals surface area contributed by atoms with Gasteiger partial charge in [0.2, 0.25) is 11.8 Å². The third-order valence-corrected chi connectivity index (χ3v) is 4.72. The Labute approximate surface area is 128 Å². The second-order valence-electron chi connectivity index (χ2n) is 8.33. The quantitative estimate of drug-likeness (QED) is 0.870. The van der Waals surface area contributed by atoms with Gasteiger partial charge >= 0.3 is 0 Å². The van der Waals surface area contributed by atoms with E-state index in [9.17, 15) is 9.59 Å². The first kappa shape index (κ1) is 16.3. The average molecular weight is 294 g/mol. The van der Waals surface area contributed by atoms with E-state index in [4.69, 9.17) is 0 Å². The summed E-state index contributed by atoms with van der Waals surface area (Å²) in [6, 6.07) is -0.00824. The minimum absolute atomic E-state index is 0.00824. The van der Waals surface area contributed by atoms with Crippen LogP contribution in [0.4, 0.5) is 0 Å². The number of nitrogens with zero attached hydrogens (tertiary/aromatic N) is 1. The zero-order valence-corrected chi connectivity index (χ0v) is 14.0. The summed E-state index contributed by atoms with van der Waals surface area (Å²) < 4.78 is 0. The minimum atomic E-state index is -0.223. The van der Waals surface area contributed by atoms with Crippen molar-refractivity contribution >= 4 is 11.8 Å². The lowest BCUT2D eigenvalue weighted by molar-refractivity contribution is -0.132. The van der Waals surface area contributed by atoms with Crippen LogP contribution in [0.25, 0.3) is 0 Å². The fourth-order valence-electron chi connectivity index (χ4n) is 3.51. The molecule has 0 radical (unpaired) electrons. The topological polar surface area (TPSA) is 49.4 Å². The molecule has 21 heavy (non-hydrogen) atoms. The van der Waals surface area contributed by atoms with Crippen LogP contribution >= 0.6 is 0 Å². The van der Waals surface area contributed by atoms with Crippen LogP contribution in [-0.2, 0) is 9.59 Å². The number of nitrogens with one attached hydrogen (secondary N) is 1. The minimum Gasteiger partial charge on any atom is -0.351 e. The Morgan fingerprint density at radius 3 is 2.48 bits per heavy atom. The SMILES string of the molecule is CC(C)(C)CN1C[C@H](NC(=O)C2(C)CCCCC2)CC1=O. The fourth-order valence-corrected chi connectivity index (χ4v) is 3.51. The summed E-state index contributed by atoms with van der Waals surface area (Å²) in [5, 5.41) is 3.13. The summed E-state index contributed by atoms with van der Waals surface area (Å²) in [4.78, 5) is 26.5. The highest BCUT2D eigenvalue weighted by Crippen LogP contribution is 2.36. The van der Waals surface area contributed by atoms with Crippen molar-refractivity contribution in [3.05, 3.63) is 0 Å². The zero-order valence-electron chi connectivity index (χ0n) is 14.0. The van der Waals surface area contributed by atoms with Gasteiger partial charge in [0.15, 0.2) is 0 Å². The van der Waals surface area contributed by atoms with Crippen molar-refractivity contribution in [3.63, 3.8) is 0 Å². The molecule has 1 heterocycles. The van der Waals surface area contributed by atoms with Gasteiger partial charge < -0.3 is 10.2 Å². The van der Waals surface area contributed by atoms with Crippen LogP contribution in [0.15, 0.2) is 0 Å². The number of likely N-dealkylation sites (tertiary alicyclic amines) is 1. The third kappa shape index (κ3) is 4.21. The summed E-state index contributed by atoms with van der Waals surface area (Å²) in [6.07, 6.45) is 5.94. The summed E-state index contributed by atoms with van der Waals surface area (Å²) in [6.45, 7) is 9.90. The maximum Gasteiger partial charge on any atom is 0.226 e. The van der Waals surface area contributed by atoms with Gasteiger partial charge in [-0.15, -0.1) is 0 Å². The lowest BCUT2D eigenvalue weighted by Crippen LogP contribution is -2.46. The molecule has 4 heteroatoms. The Morgan fingerprint density at radius 1 is 1.29 bits per heavy atom. The van der Waals surface area contributed by atoms with Crippen molar-refractivity contribution in [2.75, 3.05) is 13.1 Å². The maximum atomic E-state index is 12.5. The summed E-state index contributed by atoms with van der Waals surface area (Å²) >= 11 is 0. The van der Waals surface area contributed by atoms with E-state index in [1.807, 2.05) is 4.90 Å². The smallest absolute Gasteiger partial charge is 0.226 e. The normalized spacial score (nSPS) is 26.0. The summed E-state index contributed by atoms with van der Waals surface area (Å²) in [7, 11) is 0. The standard InChI is InChI=1S/C17H30N2O2/c1-16(2,3)12-19-11-13(10-14(19)20)18-15(21)17(4)8-6-5-7-9-17/h13H,5-12H2,1-4H3,(H,18,21)/t13-/m1/s1. The molecule has 0 aromatic carbocycles. The van der Waals surface area contributed by atoms with Crippen molar-refractivity contribution in [1.82, 2.24) is 10.2 Å².